The lowest BCUT2D eigenvalue weighted by molar-refractivity contribution is -0.139. The van der Waals surface area contributed by atoms with E-state index in [4.69, 9.17) is 46.9 Å². The fourth-order valence-electron chi connectivity index (χ4n) is 5.22. The SMILES string of the molecule is CCOC(=O)C1=C(C)N=c2s/c(=C\c3cc(Br)c(OCc4ccc(Cl)cc4Cl)c(OC)c3)c(=O)n2[C@@H]1c1ccc(OC(C)C)c(OC)c1. The van der Waals surface area contributed by atoms with E-state index in [9.17, 15) is 9.59 Å². The molecule has 2 heterocycles. The fraction of sp³-hybridized carbons (Fsp3) is 0.286. The van der Waals surface area contributed by atoms with Gasteiger partial charge in [-0.2, -0.15) is 0 Å². The van der Waals surface area contributed by atoms with E-state index >= 15 is 0 Å². The van der Waals surface area contributed by atoms with Gasteiger partial charge in [-0.05, 0) is 97.2 Å². The van der Waals surface area contributed by atoms with Gasteiger partial charge in [-0.25, -0.2) is 9.79 Å². The van der Waals surface area contributed by atoms with Crippen molar-refractivity contribution < 1.29 is 28.5 Å². The van der Waals surface area contributed by atoms with Crippen molar-refractivity contribution in [2.75, 3.05) is 20.8 Å². The van der Waals surface area contributed by atoms with Gasteiger partial charge in [0.25, 0.3) is 5.56 Å². The van der Waals surface area contributed by atoms with Crippen molar-refractivity contribution >= 4 is 62.5 Å². The molecule has 0 N–H and O–H groups in total. The Bertz CT molecular complexity index is 2090. The number of benzene rings is 3. The van der Waals surface area contributed by atoms with E-state index in [-0.39, 0.29) is 30.5 Å². The molecule has 4 aromatic rings. The van der Waals surface area contributed by atoms with Crippen LogP contribution in [0.3, 0.4) is 0 Å². The number of fused-ring (bicyclic) bond motifs is 1. The van der Waals surface area contributed by atoms with Crippen LogP contribution in [0.1, 0.15) is 50.4 Å². The van der Waals surface area contributed by atoms with Crippen molar-refractivity contribution in [2.24, 2.45) is 4.99 Å². The summed E-state index contributed by atoms with van der Waals surface area (Å²) in [6.07, 6.45) is 1.67. The van der Waals surface area contributed by atoms with Crippen LogP contribution in [-0.4, -0.2) is 37.5 Å². The van der Waals surface area contributed by atoms with Crippen molar-refractivity contribution in [1.29, 1.82) is 0 Å². The van der Waals surface area contributed by atoms with Crippen LogP contribution >= 0.6 is 50.5 Å². The molecule has 13 heteroatoms. The molecular weight excluding hydrogens is 743 g/mol. The maximum atomic E-state index is 14.2. The number of aromatic nitrogens is 1. The van der Waals surface area contributed by atoms with E-state index in [0.717, 1.165) is 5.56 Å². The Morgan fingerprint density at radius 1 is 1.06 bits per heavy atom. The third kappa shape index (κ3) is 7.44. The molecule has 0 aliphatic carbocycles. The lowest BCUT2D eigenvalue weighted by atomic mass is 9.95. The van der Waals surface area contributed by atoms with Crippen LogP contribution in [0.5, 0.6) is 23.0 Å². The second-order valence-corrected chi connectivity index (χ2v) is 13.6. The maximum absolute atomic E-state index is 14.2. The number of nitrogens with zero attached hydrogens (tertiary/aromatic N) is 2. The number of esters is 1. The van der Waals surface area contributed by atoms with Gasteiger partial charge in [-0.3, -0.25) is 9.36 Å². The molecule has 0 radical (unpaired) electrons. The van der Waals surface area contributed by atoms with E-state index in [1.807, 2.05) is 26.0 Å². The molecule has 1 atom stereocenters. The number of methoxy groups -OCH3 is 2. The van der Waals surface area contributed by atoms with Crippen molar-refractivity contribution in [3.63, 3.8) is 0 Å². The van der Waals surface area contributed by atoms with Crippen molar-refractivity contribution in [3.8, 4) is 23.0 Å². The van der Waals surface area contributed by atoms with Gasteiger partial charge in [0, 0.05) is 15.6 Å². The molecule has 1 aromatic heterocycles. The van der Waals surface area contributed by atoms with Gasteiger partial charge in [0.1, 0.15) is 6.61 Å². The first-order valence-corrected chi connectivity index (χ1v) is 17.3. The van der Waals surface area contributed by atoms with E-state index in [0.29, 0.717) is 63.7 Å². The molecular formula is C35H33BrCl2N2O7S. The number of carbonyl (C=O) groups excluding carboxylic acids is 1. The largest absolute Gasteiger partial charge is 0.493 e. The highest BCUT2D eigenvalue weighted by Gasteiger charge is 2.34. The minimum atomic E-state index is -0.818. The molecule has 0 saturated carbocycles. The van der Waals surface area contributed by atoms with Gasteiger partial charge in [0.05, 0.1) is 53.2 Å². The molecule has 0 saturated heterocycles. The number of thiazole rings is 1. The average Bonchev–Trinajstić information content (AvgIpc) is 3.34. The van der Waals surface area contributed by atoms with E-state index in [1.54, 1.807) is 63.4 Å². The van der Waals surface area contributed by atoms with Crippen molar-refractivity contribution in [1.82, 2.24) is 4.57 Å². The molecule has 48 heavy (non-hydrogen) atoms. The van der Waals surface area contributed by atoms with Crippen LogP contribution < -0.4 is 33.8 Å². The van der Waals surface area contributed by atoms with E-state index in [2.05, 4.69) is 20.9 Å². The first-order chi connectivity index (χ1) is 22.9. The van der Waals surface area contributed by atoms with Gasteiger partial charge in [-0.15, -0.1) is 0 Å². The average molecular weight is 777 g/mol. The Morgan fingerprint density at radius 3 is 2.48 bits per heavy atom. The van der Waals surface area contributed by atoms with Gasteiger partial charge in [-0.1, -0.05) is 46.7 Å². The summed E-state index contributed by atoms with van der Waals surface area (Å²) >= 11 is 17.2. The molecule has 5 rings (SSSR count). The summed E-state index contributed by atoms with van der Waals surface area (Å²) in [6.45, 7) is 7.65. The van der Waals surface area contributed by atoms with Crippen LogP contribution in [-0.2, 0) is 16.1 Å². The molecule has 1 aliphatic heterocycles. The van der Waals surface area contributed by atoms with E-state index < -0.39 is 12.0 Å². The Morgan fingerprint density at radius 2 is 1.81 bits per heavy atom. The standard InChI is InChI=1S/C35H33BrCl2N2O7S/c1-7-45-34(42)30-19(4)39-35-40(31(30)21-9-11-26(47-18(2)3)27(15-21)43-5)33(41)29(48-35)14-20-12-24(36)32(28(13-20)44-6)46-17-22-8-10-23(37)16-25(22)38/h8-16,18,31H,7,17H2,1-6H3/b29-14-/t31-/m1/s1. The maximum Gasteiger partial charge on any atom is 0.338 e. The van der Waals surface area contributed by atoms with Gasteiger partial charge < -0.3 is 23.7 Å². The monoisotopic (exact) mass is 774 g/mol. The number of rotatable bonds is 11. The Labute approximate surface area is 300 Å². The van der Waals surface area contributed by atoms with Gasteiger partial charge in [0.15, 0.2) is 27.8 Å². The van der Waals surface area contributed by atoms with Crippen LogP contribution in [0.25, 0.3) is 6.08 Å². The molecule has 0 amide bonds. The fourth-order valence-corrected chi connectivity index (χ4v) is 7.30. The summed E-state index contributed by atoms with van der Waals surface area (Å²) in [5.74, 6) is 1.38. The van der Waals surface area contributed by atoms with Gasteiger partial charge >= 0.3 is 5.97 Å². The predicted molar refractivity (Wildman–Crippen MR) is 191 cm³/mol. The molecule has 252 valence electrons. The lowest BCUT2D eigenvalue weighted by Crippen LogP contribution is -2.40. The summed E-state index contributed by atoms with van der Waals surface area (Å²) in [5.41, 5.74) is 2.47. The first kappa shape index (κ1) is 35.5. The third-order valence-corrected chi connectivity index (χ3v) is 9.48. The summed E-state index contributed by atoms with van der Waals surface area (Å²) < 4.78 is 31.2. The number of allylic oxidation sites excluding steroid dienone is 1. The zero-order valence-corrected chi connectivity index (χ0v) is 31.0. The zero-order valence-electron chi connectivity index (χ0n) is 27.1. The van der Waals surface area contributed by atoms with Crippen molar-refractivity contribution in [2.45, 2.75) is 46.4 Å². The molecule has 0 bridgehead atoms. The highest BCUT2D eigenvalue weighted by molar-refractivity contribution is 9.10. The summed E-state index contributed by atoms with van der Waals surface area (Å²) in [7, 11) is 3.08. The number of hydrogen-bond donors (Lipinski definition) is 0. The Balaban J connectivity index is 1.59. The van der Waals surface area contributed by atoms with Crippen LogP contribution in [0.4, 0.5) is 0 Å². The second-order valence-electron chi connectivity index (χ2n) is 10.9. The number of halogens is 3. The smallest absolute Gasteiger partial charge is 0.338 e. The minimum absolute atomic E-state index is 0.0825. The lowest BCUT2D eigenvalue weighted by Gasteiger charge is -2.25. The summed E-state index contributed by atoms with van der Waals surface area (Å²) in [5, 5.41) is 1.02. The zero-order chi connectivity index (χ0) is 34.7. The first-order valence-electron chi connectivity index (χ1n) is 14.9. The normalized spacial score (nSPS) is 14.5. The minimum Gasteiger partial charge on any atom is -0.493 e. The van der Waals surface area contributed by atoms with Crippen molar-refractivity contribution in [3.05, 3.63) is 111 Å². The number of ether oxygens (including phenoxy) is 5. The summed E-state index contributed by atoms with van der Waals surface area (Å²) in [4.78, 5) is 32.6. The van der Waals surface area contributed by atoms with Crippen LogP contribution in [0.15, 0.2) is 74.1 Å². The molecule has 0 unspecified atom stereocenters. The quantitative estimate of drug-likeness (QED) is 0.148. The van der Waals surface area contributed by atoms with E-state index in [1.165, 1.54) is 23.0 Å². The highest BCUT2D eigenvalue weighted by atomic mass is 79.9. The van der Waals surface area contributed by atoms with Crippen LogP contribution in [0.2, 0.25) is 10.0 Å². The molecule has 0 spiro atoms. The number of carbonyl (C=O) groups is 1. The predicted octanol–water partition coefficient (Wildman–Crippen LogP) is 7.25. The van der Waals surface area contributed by atoms with Crippen LogP contribution in [0, 0.1) is 0 Å². The molecule has 0 fully saturated rings. The highest BCUT2D eigenvalue weighted by Crippen LogP contribution is 2.39. The molecule has 1 aliphatic rings. The molecule has 9 nitrogen and oxygen atoms in total. The van der Waals surface area contributed by atoms with Gasteiger partial charge in [0.2, 0.25) is 0 Å². The Kier molecular flexibility index (Phi) is 11.2. The number of hydrogen-bond acceptors (Lipinski definition) is 9. The summed E-state index contributed by atoms with van der Waals surface area (Å²) in [6, 6.07) is 13.3. The second kappa shape index (κ2) is 15.2. The topological polar surface area (TPSA) is 97.6 Å². The molecule has 3 aromatic carbocycles. The third-order valence-electron chi connectivity index (χ3n) is 7.32. The Hall–Kier alpha value is -3.77.